The van der Waals surface area contributed by atoms with E-state index in [2.05, 4.69) is 16.9 Å². The molecule has 2 N–H and O–H groups in total. The maximum absolute atomic E-state index is 11.9. The Morgan fingerprint density at radius 3 is 2.31 bits per heavy atom. The molecule has 8 heteroatoms. The van der Waals surface area contributed by atoms with E-state index in [1.54, 1.807) is 6.92 Å². The van der Waals surface area contributed by atoms with Crippen molar-refractivity contribution in [1.29, 1.82) is 0 Å². The molecule has 2 heterocycles. The highest BCUT2D eigenvalue weighted by Crippen LogP contribution is 2.21. The molecule has 0 saturated carbocycles. The van der Waals surface area contributed by atoms with Crippen LogP contribution in [-0.4, -0.2) is 88.5 Å². The molecular weight excluding hydrogens is 336 g/mol. The van der Waals surface area contributed by atoms with Gasteiger partial charge in [-0.25, -0.2) is 4.79 Å². The van der Waals surface area contributed by atoms with E-state index in [0.717, 1.165) is 39.3 Å². The van der Waals surface area contributed by atoms with Crippen molar-refractivity contribution >= 4 is 12.3 Å². The van der Waals surface area contributed by atoms with Crippen LogP contribution in [0.25, 0.3) is 0 Å². The number of aliphatic hydroxyl groups excluding tert-OH is 1. The number of piperazine rings is 1. The molecule has 2 rings (SSSR count). The van der Waals surface area contributed by atoms with Crippen LogP contribution in [0.1, 0.15) is 35.5 Å². The van der Waals surface area contributed by atoms with Crippen molar-refractivity contribution in [3.63, 3.8) is 0 Å². The van der Waals surface area contributed by atoms with Crippen molar-refractivity contribution < 1.29 is 19.8 Å². The van der Waals surface area contributed by atoms with Gasteiger partial charge in [0.2, 0.25) is 0 Å². The molecule has 1 aromatic rings. The third-order valence-electron chi connectivity index (χ3n) is 4.45. The quantitative estimate of drug-likeness (QED) is 0.775. The molecule has 0 spiro atoms. The van der Waals surface area contributed by atoms with Crippen molar-refractivity contribution in [2.24, 2.45) is 0 Å². The lowest BCUT2D eigenvalue weighted by molar-refractivity contribution is 0.111. The van der Waals surface area contributed by atoms with E-state index in [4.69, 9.17) is 5.11 Å². The summed E-state index contributed by atoms with van der Waals surface area (Å²) in [6.45, 7) is 10.7. The summed E-state index contributed by atoms with van der Waals surface area (Å²) in [4.78, 5) is 32.2. The zero-order valence-corrected chi connectivity index (χ0v) is 16.1. The van der Waals surface area contributed by atoms with Crippen molar-refractivity contribution in [1.82, 2.24) is 19.7 Å². The van der Waals surface area contributed by atoms with Crippen molar-refractivity contribution in [2.75, 3.05) is 46.3 Å². The third-order valence-corrected chi connectivity index (χ3v) is 4.45. The zero-order chi connectivity index (χ0) is 19.7. The van der Waals surface area contributed by atoms with E-state index in [1.807, 2.05) is 23.6 Å². The van der Waals surface area contributed by atoms with Gasteiger partial charge in [0.05, 0.1) is 17.9 Å². The molecule has 0 aromatic carbocycles. The summed E-state index contributed by atoms with van der Waals surface area (Å²) >= 11 is 0. The third kappa shape index (κ3) is 5.67. The van der Waals surface area contributed by atoms with Crippen molar-refractivity contribution in [3.8, 4) is 5.75 Å². The van der Waals surface area contributed by atoms with Gasteiger partial charge in [0.25, 0.3) is 0 Å². The number of aliphatic hydroxyl groups is 1. The second-order valence-electron chi connectivity index (χ2n) is 6.15. The van der Waals surface area contributed by atoms with Gasteiger partial charge in [0, 0.05) is 51.0 Å². The smallest absolute Gasteiger partial charge is 0.320 e. The Bertz CT molecular complexity index is 597. The number of hydrogen-bond donors (Lipinski definition) is 2. The number of aldehydes is 1. The number of carbonyl (C=O) groups excluding carboxylic acids is 2. The fraction of sp³-hybridized carbons (Fsp3) is 0.611. The molecule has 26 heavy (non-hydrogen) atoms. The summed E-state index contributed by atoms with van der Waals surface area (Å²) in [5, 5.41) is 18.1. The Morgan fingerprint density at radius 2 is 1.85 bits per heavy atom. The maximum atomic E-state index is 11.9. The van der Waals surface area contributed by atoms with E-state index in [1.165, 1.54) is 6.20 Å². The van der Waals surface area contributed by atoms with E-state index in [0.29, 0.717) is 17.5 Å². The molecule has 1 aliphatic heterocycles. The number of aryl methyl sites for hydroxylation is 1. The summed E-state index contributed by atoms with van der Waals surface area (Å²) < 4.78 is 0. The summed E-state index contributed by atoms with van der Waals surface area (Å²) in [6, 6.07) is 0.197. The van der Waals surface area contributed by atoms with Crippen LogP contribution in [0.4, 0.5) is 4.79 Å². The second kappa shape index (κ2) is 10.7. The Hall–Kier alpha value is -2.19. The van der Waals surface area contributed by atoms with Crippen LogP contribution in [-0.2, 0) is 6.61 Å². The minimum atomic E-state index is -0.297. The van der Waals surface area contributed by atoms with Crippen LogP contribution in [0.3, 0.4) is 0 Å². The number of urea groups is 1. The first-order valence-corrected chi connectivity index (χ1v) is 8.85. The summed E-state index contributed by atoms with van der Waals surface area (Å²) in [5.74, 6) is -0.156. The predicted octanol–water partition coefficient (Wildman–Crippen LogP) is 1.10. The fourth-order valence-corrected chi connectivity index (χ4v) is 2.60. The SMILES string of the molecule is CCN(CC)C(=O)N1CCN(C)CC1.Cc1ncc(CO)c(C=O)c1O. The van der Waals surface area contributed by atoms with Gasteiger partial charge in [-0.1, -0.05) is 0 Å². The first-order chi connectivity index (χ1) is 12.4. The molecule has 1 aromatic heterocycles. The van der Waals surface area contributed by atoms with Crippen LogP contribution in [0, 0.1) is 6.92 Å². The van der Waals surface area contributed by atoms with Gasteiger partial charge in [0.15, 0.2) is 6.29 Å². The fourth-order valence-electron chi connectivity index (χ4n) is 2.60. The van der Waals surface area contributed by atoms with Gasteiger partial charge < -0.3 is 24.9 Å². The van der Waals surface area contributed by atoms with Gasteiger partial charge in [-0.3, -0.25) is 9.78 Å². The van der Waals surface area contributed by atoms with Gasteiger partial charge in [0.1, 0.15) is 5.75 Å². The van der Waals surface area contributed by atoms with Crippen molar-refractivity contribution in [3.05, 3.63) is 23.0 Å². The molecule has 1 saturated heterocycles. The van der Waals surface area contributed by atoms with Crippen LogP contribution in [0.5, 0.6) is 5.75 Å². The molecule has 1 aliphatic rings. The van der Waals surface area contributed by atoms with Gasteiger partial charge in [-0.2, -0.15) is 0 Å². The van der Waals surface area contributed by atoms with Gasteiger partial charge >= 0.3 is 6.03 Å². The molecule has 0 aliphatic carbocycles. The zero-order valence-electron chi connectivity index (χ0n) is 16.1. The number of hydrogen-bond acceptors (Lipinski definition) is 6. The largest absolute Gasteiger partial charge is 0.505 e. The van der Waals surface area contributed by atoms with E-state index in [-0.39, 0.29) is 24.0 Å². The Labute approximate surface area is 155 Å². The minimum absolute atomic E-state index is 0.116. The van der Waals surface area contributed by atoms with E-state index in [9.17, 15) is 14.7 Å². The number of rotatable bonds is 4. The van der Waals surface area contributed by atoms with Gasteiger partial charge in [-0.05, 0) is 27.8 Å². The number of likely N-dealkylation sites (N-methyl/N-ethyl adjacent to an activating group) is 1. The monoisotopic (exact) mass is 366 g/mol. The molecule has 0 radical (unpaired) electrons. The van der Waals surface area contributed by atoms with Crippen LogP contribution in [0.2, 0.25) is 0 Å². The number of aromatic hydroxyl groups is 1. The summed E-state index contributed by atoms with van der Waals surface area (Å²) in [6.07, 6.45) is 1.88. The first-order valence-electron chi connectivity index (χ1n) is 8.85. The lowest BCUT2D eigenvalue weighted by atomic mass is 10.1. The number of carbonyl (C=O) groups is 2. The Morgan fingerprint density at radius 1 is 1.27 bits per heavy atom. The van der Waals surface area contributed by atoms with Crippen LogP contribution >= 0.6 is 0 Å². The number of nitrogens with zero attached hydrogens (tertiary/aromatic N) is 4. The Balaban J connectivity index is 0.000000263. The molecular formula is C18H30N4O4. The molecule has 8 nitrogen and oxygen atoms in total. The number of aromatic nitrogens is 1. The second-order valence-corrected chi connectivity index (χ2v) is 6.15. The lowest BCUT2D eigenvalue weighted by Gasteiger charge is -2.35. The number of pyridine rings is 1. The van der Waals surface area contributed by atoms with Crippen molar-refractivity contribution in [2.45, 2.75) is 27.4 Å². The highest BCUT2D eigenvalue weighted by Gasteiger charge is 2.21. The predicted molar refractivity (Wildman–Crippen MR) is 99.3 cm³/mol. The molecule has 1 fully saturated rings. The molecule has 2 amide bonds. The molecule has 0 unspecified atom stereocenters. The average molecular weight is 366 g/mol. The molecule has 146 valence electrons. The summed E-state index contributed by atoms with van der Waals surface area (Å²) in [5.41, 5.74) is 0.840. The van der Waals surface area contributed by atoms with Crippen LogP contribution in [0.15, 0.2) is 6.20 Å². The highest BCUT2D eigenvalue weighted by molar-refractivity contribution is 5.81. The maximum Gasteiger partial charge on any atom is 0.320 e. The first kappa shape index (κ1) is 21.9. The van der Waals surface area contributed by atoms with E-state index < -0.39 is 0 Å². The normalized spacial score (nSPS) is 14.4. The lowest BCUT2D eigenvalue weighted by Crippen LogP contribution is -2.51. The number of amides is 2. The topological polar surface area (TPSA) is 97.2 Å². The Kier molecular flexibility index (Phi) is 9.01. The van der Waals surface area contributed by atoms with Gasteiger partial charge in [-0.15, -0.1) is 0 Å². The molecule has 0 atom stereocenters. The standard InChI is InChI=1S/C10H21N3O.C8H9NO3/c1-4-12(5-2)10(14)13-8-6-11(3)7-9-13;1-5-8(12)7(4-11)6(3-10)2-9-5/h4-9H2,1-3H3;2,4,10,12H,3H2,1H3. The van der Waals surface area contributed by atoms with E-state index >= 15 is 0 Å². The minimum Gasteiger partial charge on any atom is -0.505 e. The highest BCUT2D eigenvalue weighted by atomic mass is 16.3. The molecule has 0 bridgehead atoms. The summed E-state index contributed by atoms with van der Waals surface area (Å²) in [7, 11) is 2.10. The average Bonchev–Trinajstić information content (AvgIpc) is 2.65. The van der Waals surface area contributed by atoms with Crippen LogP contribution < -0.4 is 0 Å².